The molecule has 0 saturated heterocycles. The van der Waals surface area contributed by atoms with E-state index in [-0.39, 0.29) is 18.4 Å². The van der Waals surface area contributed by atoms with E-state index < -0.39 is 0 Å². The van der Waals surface area contributed by atoms with Crippen molar-refractivity contribution in [1.29, 1.82) is 0 Å². The lowest BCUT2D eigenvalue weighted by molar-refractivity contribution is -0.121. The summed E-state index contributed by atoms with van der Waals surface area (Å²) in [6.07, 6.45) is 4.05. The quantitative estimate of drug-likeness (QED) is 0.830. The van der Waals surface area contributed by atoms with E-state index in [0.717, 1.165) is 5.82 Å². The molecule has 106 valence electrons. The SMILES string of the molecule is CN(CC(=O)NCCc1ncc[nH]1)C(=O)c1cccs1. The first-order valence-electron chi connectivity index (χ1n) is 6.20. The van der Waals surface area contributed by atoms with Crippen molar-refractivity contribution >= 4 is 23.2 Å². The molecule has 0 aliphatic rings. The zero-order valence-corrected chi connectivity index (χ0v) is 11.9. The molecular formula is C13H16N4O2S. The number of nitrogens with one attached hydrogen (secondary N) is 2. The summed E-state index contributed by atoms with van der Waals surface area (Å²) < 4.78 is 0. The molecule has 0 atom stereocenters. The Morgan fingerprint density at radius 2 is 2.35 bits per heavy atom. The first-order valence-corrected chi connectivity index (χ1v) is 7.08. The summed E-state index contributed by atoms with van der Waals surface area (Å²) in [5.74, 6) is 0.512. The van der Waals surface area contributed by atoms with Gasteiger partial charge in [-0.2, -0.15) is 0 Å². The van der Waals surface area contributed by atoms with Crippen molar-refractivity contribution in [2.45, 2.75) is 6.42 Å². The van der Waals surface area contributed by atoms with Crippen LogP contribution in [0.3, 0.4) is 0 Å². The predicted molar refractivity (Wildman–Crippen MR) is 76.6 cm³/mol. The molecule has 6 nitrogen and oxygen atoms in total. The van der Waals surface area contributed by atoms with E-state index in [1.165, 1.54) is 16.2 Å². The number of amides is 2. The van der Waals surface area contributed by atoms with Crippen LogP contribution in [0.2, 0.25) is 0 Å². The molecule has 0 unspecified atom stereocenters. The number of hydrogen-bond donors (Lipinski definition) is 2. The maximum atomic E-state index is 11.9. The summed E-state index contributed by atoms with van der Waals surface area (Å²) in [4.78, 5) is 32.7. The second-order valence-electron chi connectivity index (χ2n) is 4.27. The number of carbonyl (C=O) groups is 2. The zero-order chi connectivity index (χ0) is 14.4. The van der Waals surface area contributed by atoms with Gasteiger partial charge in [-0.05, 0) is 11.4 Å². The van der Waals surface area contributed by atoms with Crippen LogP contribution in [0.1, 0.15) is 15.5 Å². The predicted octanol–water partition coefficient (Wildman–Crippen LogP) is 0.902. The summed E-state index contributed by atoms with van der Waals surface area (Å²) in [6.45, 7) is 0.544. The number of hydrogen-bond acceptors (Lipinski definition) is 4. The third kappa shape index (κ3) is 3.92. The Hall–Kier alpha value is -2.15. The van der Waals surface area contributed by atoms with Crippen LogP contribution in [0.15, 0.2) is 29.9 Å². The molecule has 20 heavy (non-hydrogen) atoms. The summed E-state index contributed by atoms with van der Waals surface area (Å²) in [5, 5.41) is 4.60. The van der Waals surface area contributed by atoms with Gasteiger partial charge in [-0.3, -0.25) is 9.59 Å². The highest BCUT2D eigenvalue weighted by molar-refractivity contribution is 7.12. The van der Waals surface area contributed by atoms with Gasteiger partial charge in [0.25, 0.3) is 5.91 Å². The van der Waals surface area contributed by atoms with Gasteiger partial charge in [-0.15, -0.1) is 11.3 Å². The molecule has 0 bridgehead atoms. The number of rotatable bonds is 6. The Kier molecular flexibility index (Phi) is 4.89. The molecule has 0 saturated carbocycles. The molecule has 2 rings (SSSR count). The second-order valence-corrected chi connectivity index (χ2v) is 5.22. The number of imidazole rings is 1. The number of H-pyrrole nitrogens is 1. The van der Waals surface area contributed by atoms with E-state index in [4.69, 9.17) is 0 Å². The Balaban J connectivity index is 1.72. The van der Waals surface area contributed by atoms with Crippen molar-refractivity contribution in [2.24, 2.45) is 0 Å². The molecule has 0 aliphatic heterocycles. The van der Waals surface area contributed by atoms with Crippen molar-refractivity contribution in [1.82, 2.24) is 20.2 Å². The molecule has 0 fully saturated rings. The van der Waals surface area contributed by atoms with Gasteiger partial charge in [0.2, 0.25) is 5.91 Å². The van der Waals surface area contributed by atoms with Gasteiger partial charge < -0.3 is 15.2 Å². The molecule has 0 aromatic carbocycles. The fourth-order valence-corrected chi connectivity index (χ4v) is 2.40. The van der Waals surface area contributed by atoms with Crippen LogP contribution in [0, 0.1) is 0 Å². The van der Waals surface area contributed by atoms with E-state index >= 15 is 0 Å². The monoisotopic (exact) mass is 292 g/mol. The van der Waals surface area contributed by atoms with Crippen LogP contribution in [0.4, 0.5) is 0 Å². The molecule has 0 spiro atoms. The molecule has 7 heteroatoms. The Labute approximate surface area is 120 Å². The number of nitrogens with zero attached hydrogens (tertiary/aromatic N) is 2. The molecule has 0 aliphatic carbocycles. The Morgan fingerprint density at radius 3 is 3.00 bits per heavy atom. The van der Waals surface area contributed by atoms with E-state index in [2.05, 4.69) is 15.3 Å². The maximum Gasteiger partial charge on any atom is 0.264 e. The minimum atomic E-state index is -0.177. The molecule has 2 aromatic heterocycles. The van der Waals surface area contributed by atoms with Gasteiger partial charge in [-0.1, -0.05) is 6.07 Å². The van der Waals surface area contributed by atoms with Crippen LogP contribution in [-0.4, -0.2) is 46.8 Å². The van der Waals surface area contributed by atoms with Gasteiger partial charge in [0, 0.05) is 32.4 Å². The van der Waals surface area contributed by atoms with Crippen molar-refractivity contribution < 1.29 is 9.59 Å². The molecule has 2 heterocycles. The molecular weight excluding hydrogens is 276 g/mol. The van der Waals surface area contributed by atoms with Crippen LogP contribution in [0.5, 0.6) is 0 Å². The smallest absolute Gasteiger partial charge is 0.264 e. The number of thiophene rings is 1. The minimum absolute atomic E-state index is 0.0505. The molecule has 2 N–H and O–H groups in total. The molecule has 2 aromatic rings. The lowest BCUT2D eigenvalue weighted by atomic mass is 10.3. The summed E-state index contributed by atoms with van der Waals surface area (Å²) in [6, 6.07) is 3.56. The first-order chi connectivity index (χ1) is 9.66. The third-order valence-corrected chi connectivity index (χ3v) is 3.56. The average Bonchev–Trinajstić information content (AvgIpc) is 3.10. The Morgan fingerprint density at radius 1 is 1.50 bits per heavy atom. The highest BCUT2D eigenvalue weighted by Crippen LogP contribution is 2.10. The van der Waals surface area contributed by atoms with E-state index in [9.17, 15) is 9.59 Å². The average molecular weight is 292 g/mol. The van der Waals surface area contributed by atoms with Gasteiger partial charge in [-0.25, -0.2) is 4.98 Å². The fraction of sp³-hybridized carbons (Fsp3) is 0.308. The number of likely N-dealkylation sites (N-methyl/N-ethyl adjacent to an activating group) is 1. The zero-order valence-electron chi connectivity index (χ0n) is 11.1. The van der Waals surface area contributed by atoms with Crippen molar-refractivity contribution in [3.05, 3.63) is 40.6 Å². The van der Waals surface area contributed by atoms with Gasteiger partial charge >= 0.3 is 0 Å². The largest absolute Gasteiger partial charge is 0.354 e. The van der Waals surface area contributed by atoms with Gasteiger partial charge in [0.1, 0.15) is 5.82 Å². The van der Waals surface area contributed by atoms with E-state index in [1.807, 2.05) is 11.4 Å². The summed E-state index contributed by atoms with van der Waals surface area (Å²) in [5.41, 5.74) is 0. The maximum absolute atomic E-state index is 11.9. The van der Waals surface area contributed by atoms with E-state index in [1.54, 1.807) is 25.5 Å². The van der Waals surface area contributed by atoms with Crippen LogP contribution in [-0.2, 0) is 11.2 Å². The highest BCUT2D eigenvalue weighted by atomic mass is 32.1. The van der Waals surface area contributed by atoms with E-state index in [0.29, 0.717) is 17.8 Å². The molecule has 0 radical (unpaired) electrons. The fourth-order valence-electron chi connectivity index (χ4n) is 1.69. The lowest BCUT2D eigenvalue weighted by Gasteiger charge is -2.15. The Bertz CT molecular complexity index is 551. The van der Waals surface area contributed by atoms with Crippen LogP contribution < -0.4 is 5.32 Å². The van der Waals surface area contributed by atoms with Gasteiger partial charge in [0.15, 0.2) is 0 Å². The number of aromatic nitrogens is 2. The van der Waals surface area contributed by atoms with Crippen molar-refractivity contribution in [3.63, 3.8) is 0 Å². The van der Waals surface area contributed by atoms with Crippen LogP contribution >= 0.6 is 11.3 Å². The first kappa shape index (κ1) is 14.3. The standard InChI is InChI=1S/C13H16N4O2S/c1-17(13(19)10-3-2-8-20-10)9-12(18)16-5-4-11-14-6-7-15-11/h2-3,6-8H,4-5,9H2,1H3,(H,14,15)(H,16,18). The second kappa shape index (κ2) is 6.85. The normalized spacial score (nSPS) is 10.2. The van der Waals surface area contributed by atoms with Crippen molar-refractivity contribution in [2.75, 3.05) is 20.1 Å². The third-order valence-electron chi connectivity index (χ3n) is 2.70. The summed E-state index contributed by atoms with van der Waals surface area (Å²) in [7, 11) is 1.62. The minimum Gasteiger partial charge on any atom is -0.354 e. The molecule has 2 amide bonds. The summed E-state index contributed by atoms with van der Waals surface area (Å²) >= 11 is 1.37. The van der Waals surface area contributed by atoms with Crippen molar-refractivity contribution in [3.8, 4) is 0 Å². The lowest BCUT2D eigenvalue weighted by Crippen LogP contribution is -2.38. The topological polar surface area (TPSA) is 78.1 Å². The highest BCUT2D eigenvalue weighted by Gasteiger charge is 2.15. The van der Waals surface area contributed by atoms with Crippen LogP contribution in [0.25, 0.3) is 0 Å². The number of aromatic amines is 1. The van der Waals surface area contributed by atoms with Gasteiger partial charge in [0.05, 0.1) is 11.4 Å². The number of carbonyl (C=O) groups excluding carboxylic acids is 2.